The topological polar surface area (TPSA) is 84.9 Å². The number of carbonyl (C=O) groups excluding carboxylic acids is 3. The highest BCUT2D eigenvalue weighted by atomic mass is 16.6. The number of amides is 1. The van der Waals surface area contributed by atoms with E-state index in [0.717, 1.165) is 18.4 Å². The zero-order valence-corrected chi connectivity index (χ0v) is 22.5. The SMILES string of the molecule is CCCC(CC1C(C(=O)OCC)CC(C(=O)OC(C)(C)C)N1Cc1ccccc1)C(C)NC(C)=O. The Morgan fingerprint density at radius 1 is 1.11 bits per heavy atom. The number of rotatable bonds is 11. The monoisotopic (exact) mass is 488 g/mol. The first kappa shape index (κ1) is 28.8. The number of hydrogen-bond donors (Lipinski definition) is 1. The van der Waals surface area contributed by atoms with Crippen molar-refractivity contribution < 1.29 is 23.9 Å². The van der Waals surface area contributed by atoms with Gasteiger partial charge in [-0.25, -0.2) is 0 Å². The Bertz CT molecular complexity index is 835. The summed E-state index contributed by atoms with van der Waals surface area (Å²) in [6, 6.07) is 9.18. The van der Waals surface area contributed by atoms with Crippen LogP contribution in [0.5, 0.6) is 0 Å². The van der Waals surface area contributed by atoms with Crippen molar-refractivity contribution in [2.45, 2.75) is 104 Å². The highest BCUT2D eigenvalue weighted by Crippen LogP contribution is 2.38. The Kier molecular flexibility index (Phi) is 10.7. The summed E-state index contributed by atoms with van der Waals surface area (Å²) < 4.78 is 11.3. The Balaban J connectivity index is 2.46. The molecule has 1 aromatic carbocycles. The van der Waals surface area contributed by atoms with Crippen LogP contribution in [0.3, 0.4) is 0 Å². The van der Waals surface area contributed by atoms with Crippen LogP contribution in [0.25, 0.3) is 0 Å². The van der Waals surface area contributed by atoms with Crippen LogP contribution >= 0.6 is 0 Å². The molecule has 1 aliphatic heterocycles. The van der Waals surface area contributed by atoms with Gasteiger partial charge in [-0.3, -0.25) is 19.3 Å². The molecule has 1 fully saturated rings. The van der Waals surface area contributed by atoms with E-state index in [-0.39, 0.29) is 35.8 Å². The smallest absolute Gasteiger partial charge is 0.323 e. The van der Waals surface area contributed by atoms with Crippen LogP contribution in [0.4, 0.5) is 0 Å². The molecule has 5 atom stereocenters. The number of ether oxygens (including phenoxy) is 2. The third-order valence-corrected chi connectivity index (χ3v) is 6.59. The molecule has 0 aliphatic carbocycles. The predicted octanol–water partition coefficient (Wildman–Crippen LogP) is 4.48. The van der Waals surface area contributed by atoms with Gasteiger partial charge >= 0.3 is 11.9 Å². The molecule has 1 saturated heterocycles. The van der Waals surface area contributed by atoms with E-state index in [2.05, 4.69) is 17.1 Å². The van der Waals surface area contributed by atoms with Gasteiger partial charge in [0.1, 0.15) is 11.6 Å². The maximum absolute atomic E-state index is 13.4. The number of carbonyl (C=O) groups is 3. The highest BCUT2D eigenvalue weighted by molar-refractivity contribution is 5.80. The van der Waals surface area contributed by atoms with Crippen molar-refractivity contribution in [3.8, 4) is 0 Å². The first-order chi connectivity index (χ1) is 16.5. The molecule has 0 radical (unpaired) electrons. The Morgan fingerprint density at radius 2 is 1.77 bits per heavy atom. The van der Waals surface area contributed by atoms with Crippen LogP contribution in [0.2, 0.25) is 0 Å². The minimum Gasteiger partial charge on any atom is -0.466 e. The fourth-order valence-electron chi connectivity index (χ4n) is 5.11. The average molecular weight is 489 g/mol. The van der Waals surface area contributed by atoms with Crippen LogP contribution in [-0.2, 0) is 30.4 Å². The van der Waals surface area contributed by atoms with E-state index < -0.39 is 17.6 Å². The lowest BCUT2D eigenvalue weighted by Gasteiger charge is -2.35. The van der Waals surface area contributed by atoms with Gasteiger partial charge in [-0.15, -0.1) is 0 Å². The summed E-state index contributed by atoms with van der Waals surface area (Å²) in [5.74, 6) is -0.947. The molecule has 0 saturated carbocycles. The zero-order chi connectivity index (χ0) is 26.2. The molecular weight excluding hydrogens is 444 g/mol. The van der Waals surface area contributed by atoms with Crippen molar-refractivity contribution in [2.75, 3.05) is 6.61 Å². The van der Waals surface area contributed by atoms with Crippen LogP contribution in [-0.4, -0.2) is 53.1 Å². The number of hydrogen-bond acceptors (Lipinski definition) is 6. The van der Waals surface area contributed by atoms with Crippen LogP contribution in [0, 0.1) is 11.8 Å². The molecule has 1 heterocycles. The number of nitrogens with one attached hydrogen (secondary N) is 1. The van der Waals surface area contributed by atoms with Crippen LogP contribution in [0.1, 0.15) is 79.7 Å². The standard InChI is InChI=1S/C28H44N2O5/c1-8-13-22(19(3)29-20(4)31)16-24-23(26(32)34-9-2)17-25(27(33)35-28(5,6)7)30(24)18-21-14-11-10-12-15-21/h10-12,14-15,19,22-25H,8-9,13,16-18H2,1-7H3,(H,29,31). The van der Waals surface area contributed by atoms with Crippen molar-refractivity contribution in [3.05, 3.63) is 35.9 Å². The average Bonchev–Trinajstić information content (AvgIpc) is 3.11. The fraction of sp³-hybridized carbons (Fsp3) is 0.679. The quantitative estimate of drug-likeness (QED) is 0.462. The molecule has 5 unspecified atom stereocenters. The summed E-state index contributed by atoms with van der Waals surface area (Å²) in [5, 5.41) is 3.04. The molecule has 7 nitrogen and oxygen atoms in total. The van der Waals surface area contributed by atoms with E-state index in [1.165, 1.54) is 6.92 Å². The molecule has 1 N–H and O–H groups in total. The van der Waals surface area contributed by atoms with Gasteiger partial charge in [0.25, 0.3) is 0 Å². The van der Waals surface area contributed by atoms with E-state index >= 15 is 0 Å². The minimum absolute atomic E-state index is 0.0468. The first-order valence-corrected chi connectivity index (χ1v) is 12.9. The van der Waals surface area contributed by atoms with E-state index in [1.54, 1.807) is 6.92 Å². The van der Waals surface area contributed by atoms with E-state index in [1.807, 2.05) is 58.0 Å². The molecule has 0 spiro atoms. The molecule has 1 aliphatic rings. The summed E-state index contributed by atoms with van der Waals surface area (Å²) in [6.07, 6.45) is 2.90. The zero-order valence-electron chi connectivity index (χ0n) is 22.5. The van der Waals surface area contributed by atoms with Gasteiger partial charge in [0.05, 0.1) is 12.5 Å². The second-order valence-corrected chi connectivity index (χ2v) is 10.6. The van der Waals surface area contributed by atoms with Crippen molar-refractivity contribution in [2.24, 2.45) is 11.8 Å². The number of esters is 2. The van der Waals surface area contributed by atoms with Crippen molar-refractivity contribution in [1.82, 2.24) is 10.2 Å². The van der Waals surface area contributed by atoms with Gasteiger partial charge in [-0.1, -0.05) is 43.7 Å². The van der Waals surface area contributed by atoms with Gasteiger partial charge in [0.15, 0.2) is 0 Å². The molecule has 0 aromatic heterocycles. The Labute approximate surface area is 210 Å². The third kappa shape index (κ3) is 8.64. The van der Waals surface area contributed by atoms with E-state index in [9.17, 15) is 14.4 Å². The molecule has 196 valence electrons. The van der Waals surface area contributed by atoms with Crippen LogP contribution < -0.4 is 5.32 Å². The molecule has 2 rings (SSSR count). The van der Waals surface area contributed by atoms with Gasteiger partial charge in [0, 0.05) is 25.6 Å². The maximum atomic E-state index is 13.4. The summed E-state index contributed by atoms with van der Waals surface area (Å²) in [6.45, 7) is 13.8. The second kappa shape index (κ2) is 13.1. The second-order valence-electron chi connectivity index (χ2n) is 10.6. The number of nitrogens with zero attached hydrogens (tertiary/aromatic N) is 1. The first-order valence-electron chi connectivity index (χ1n) is 12.9. The van der Waals surface area contributed by atoms with Crippen molar-refractivity contribution in [1.29, 1.82) is 0 Å². The van der Waals surface area contributed by atoms with Gasteiger partial charge in [-0.2, -0.15) is 0 Å². The van der Waals surface area contributed by atoms with Gasteiger partial charge < -0.3 is 14.8 Å². The van der Waals surface area contributed by atoms with Crippen molar-refractivity contribution >= 4 is 17.8 Å². The molecule has 35 heavy (non-hydrogen) atoms. The number of benzene rings is 1. The fourth-order valence-corrected chi connectivity index (χ4v) is 5.11. The Hall–Kier alpha value is -2.41. The van der Waals surface area contributed by atoms with Gasteiger partial charge in [-0.05, 0) is 65.4 Å². The maximum Gasteiger partial charge on any atom is 0.323 e. The summed E-state index contributed by atoms with van der Waals surface area (Å²) in [7, 11) is 0. The number of likely N-dealkylation sites (tertiary alicyclic amines) is 1. The van der Waals surface area contributed by atoms with Crippen LogP contribution in [0.15, 0.2) is 30.3 Å². The molecular formula is C28H44N2O5. The van der Waals surface area contributed by atoms with Gasteiger partial charge in [0.2, 0.25) is 5.91 Å². The predicted molar refractivity (Wildman–Crippen MR) is 136 cm³/mol. The normalized spacial score (nSPS) is 22.3. The summed E-state index contributed by atoms with van der Waals surface area (Å²) >= 11 is 0. The molecule has 1 amide bonds. The van der Waals surface area contributed by atoms with Crippen molar-refractivity contribution in [3.63, 3.8) is 0 Å². The Morgan fingerprint density at radius 3 is 2.31 bits per heavy atom. The lowest BCUT2D eigenvalue weighted by atomic mass is 9.84. The van der Waals surface area contributed by atoms with E-state index in [0.29, 0.717) is 26.0 Å². The molecule has 0 bridgehead atoms. The lowest BCUT2D eigenvalue weighted by molar-refractivity contribution is -0.161. The molecule has 7 heteroatoms. The lowest BCUT2D eigenvalue weighted by Crippen LogP contribution is -2.46. The summed E-state index contributed by atoms with van der Waals surface area (Å²) in [4.78, 5) is 40.4. The molecule has 1 aromatic rings. The summed E-state index contributed by atoms with van der Waals surface area (Å²) in [5.41, 5.74) is 0.440. The minimum atomic E-state index is -0.627. The largest absolute Gasteiger partial charge is 0.466 e. The third-order valence-electron chi connectivity index (χ3n) is 6.59. The van der Waals surface area contributed by atoms with E-state index in [4.69, 9.17) is 9.47 Å². The highest BCUT2D eigenvalue weighted by Gasteiger charge is 2.50.